The zero-order chi connectivity index (χ0) is 21.1. The van der Waals surface area contributed by atoms with Gasteiger partial charge in [0.1, 0.15) is 11.6 Å². The van der Waals surface area contributed by atoms with E-state index < -0.39 is 10.0 Å². The molecule has 0 aromatic heterocycles. The highest BCUT2D eigenvalue weighted by atomic mass is 32.2. The zero-order valence-electron chi connectivity index (χ0n) is 16.3. The van der Waals surface area contributed by atoms with Crippen LogP contribution in [-0.4, -0.2) is 43.8 Å². The van der Waals surface area contributed by atoms with E-state index in [0.29, 0.717) is 26.2 Å². The first-order valence-corrected chi connectivity index (χ1v) is 11.2. The van der Waals surface area contributed by atoms with Crippen molar-refractivity contribution < 1.29 is 17.2 Å². The third-order valence-corrected chi connectivity index (χ3v) is 7.30. The summed E-state index contributed by atoms with van der Waals surface area (Å²) in [6.07, 6.45) is 0. The Morgan fingerprint density at radius 1 is 0.667 bits per heavy atom. The number of hydrogen-bond acceptors (Lipinski definition) is 3. The van der Waals surface area contributed by atoms with Crippen molar-refractivity contribution in [3.05, 3.63) is 102 Å². The van der Waals surface area contributed by atoms with E-state index in [4.69, 9.17) is 0 Å². The van der Waals surface area contributed by atoms with Gasteiger partial charge in [0.2, 0.25) is 10.0 Å². The summed E-state index contributed by atoms with van der Waals surface area (Å²) in [5, 5.41) is 0. The number of piperazine rings is 1. The fourth-order valence-corrected chi connectivity index (χ4v) is 5.29. The Hall–Kier alpha value is -2.61. The summed E-state index contributed by atoms with van der Waals surface area (Å²) in [6, 6.07) is 20.7. The van der Waals surface area contributed by atoms with Gasteiger partial charge in [-0.3, -0.25) is 4.90 Å². The van der Waals surface area contributed by atoms with E-state index in [1.807, 2.05) is 0 Å². The van der Waals surface area contributed by atoms with Crippen molar-refractivity contribution in [3.63, 3.8) is 0 Å². The molecule has 3 aromatic carbocycles. The van der Waals surface area contributed by atoms with Crippen LogP contribution in [0, 0.1) is 11.6 Å². The van der Waals surface area contributed by atoms with Gasteiger partial charge in [0.15, 0.2) is 0 Å². The molecule has 0 amide bonds. The van der Waals surface area contributed by atoms with Gasteiger partial charge in [-0.05, 0) is 47.5 Å². The van der Waals surface area contributed by atoms with Crippen molar-refractivity contribution in [3.8, 4) is 0 Å². The molecule has 0 unspecified atom stereocenters. The summed E-state index contributed by atoms with van der Waals surface area (Å²) in [7, 11) is -3.54. The van der Waals surface area contributed by atoms with E-state index in [1.165, 1.54) is 28.6 Å². The SMILES string of the molecule is O=S(=O)(c1ccccc1)N1CCN(C(c2ccc(F)cc2)c2ccc(F)cc2)CC1. The minimum atomic E-state index is -3.54. The monoisotopic (exact) mass is 428 g/mol. The van der Waals surface area contributed by atoms with Crippen LogP contribution in [0.25, 0.3) is 0 Å². The molecular formula is C23H22F2N2O2S. The van der Waals surface area contributed by atoms with Gasteiger partial charge in [-0.25, -0.2) is 17.2 Å². The van der Waals surface area contributed by atoms with E-state index in [2.05, 4.69) is 4.90 Å². The standard InChI is InChI=1S/C23H22F2N2O2S/c24-20-10-6-18(7-11-20)23(19-8-12-21(25)13-9-19)26-14-16-27(17-15-26)30(28,29)22-4-2-1-3-5-22/h1-13,23H,14-17H2. The maximum atomic E-state index is 13.5. The molecule has 0 bridgehead atoms. The van der Waals surface area contributed by atoms with Crippen LogP contribution in [0.4, 0.5) is 8.78 Å². The van der Waals surface area contributed by atoms with Crippen LogP contribution in [0.3, 0.4) is 0 Å². The highest BCUT2D eigenvalue weighted by molar-refractivity contribution is 7.89. The average molecular weight is 429 g/mol. The quantitative estimate of drug-likeness (QED) is 0.615. The minimum absolute atomic E-state index is 0.215. The van der Waals surface area contributed by atoms with Crippen molar-refractivity contribution in [2.75, 3.05) is 26.2 Å². The average Bonchev–Trinajstić information content (AvgIpc) is 2.77. The Kier molecular flexibility index (Phi) is 5.94. The Morgan fingerprint density at radius 3 is 1.60 bits per heavy atom. The molecule has 0 atom stereocenters. The number of benzene rings is 3. The van der Waals surface area contributed by atoms with Crippen LogP contribution in [-0.2, 0) is 10.0 Å². The van der Waals surface area contributed by atoms with E-state index in [9.17, 15) is 17.2 Å². The third kappa shape index (κ3) is 4.28. The Morgan fingerprint density at radius 2 is 1.13 bits per heavy atom. The lowest BCUT2D eigenvalue weighted by Crippen LogP contribution is -2.49. The van der Waals surface area contributed by atoms with Crippen molar-refractivity contribution in [2.45, 2.75) is 10.9 Å². The van der Waals surface area contributed by atoms with Crippen LogP contribution in [0.15, 0.2) is 83.8 Å². The van der Waals surface area contributed by atoms with Crippen LogP contribution in [0.2, 0.25) is 0 Å². The van der Waals surface area contributed by atoms with Crippen LogP contribution < -0.4 is 0 Å². The third-order valence-electron chi connectivity index (χ3n) is 5.39. The molecule has 7 heteroatoms. The maximum absolute atomic E-state index is 13.5. The van der Waals surface area contributed by atoms with Crippen LogP contribution in [0.1, 0.15) is 17.2 Å². The molecule has 0 saturated carbocycles. The molecule has 0 aliphatic carbocycles. The number of rotatable bonds is 5. The maximum Gasteiger partial charge on any atom is 0.243 e. The summed E-state index contributed by atoms with van der Waals surface area (Å²) in [5.41, 5.74) is 1.75. The fourth-order valence-electron chi connectivity index (χ4n) is 3.85. The Labute approximate surface area is 175 Å². The summed E-state index contributed by atoms with van der Waals surface area (Å²) in [5.74, 6) is -0.647. The second-order valence-electron chi connectivity index (χ2n) is 7.26. The highest BCUT2D eigenvalue weighted by Crippen LogP contribution is 2.31. The highest BCUT2D eigenvalue weighted by Gasteiger charge is 2.32. The largest absolute Gasteiger partial charge is 0.290 e. The molecule has 1 saturated heterocycles. The molecular weight excluding hydrogens is 406 g/mol. The second-order valence-corrected chi connectivity index (χ2v) is 9.20. The number of nitrogens with zero attached hydrogens (tertiary/aromatic N) is 2. The second kappa shape index (κ2) is 8.63. The number of halogens is 2. The molecule has 1 fully saturated rings. The van der Waals surface area contributed by atoms with Crippen LogP contribution in [0.5, 0.6) is 0 Å². The summed E-state index contributed by atoms with van der Waals surface area (Å²) in [4.78, 5) is 2.43. The molecule has 0 N–H and O–H groups in total. The molecule has 3 aromatic rings. The van der Waals surface area contributed by atoms with Crippen molar-refractivity contribution >= 4 is 10.0 Å². The Balaban J connectivity index is 1.58. The predicted molar refractivity (Wildman–Crippen MR) is 111 cm³/mol. The molecule has 30 heavy (non-hydrogen) atoms. The summed E-state index contributed by atoms with van der Waals surface area (Å²) < 4.78 is 54.2. The van der Waals surface area contributed by atoms with E-state index >= 15 is 0 Å². The number of sulfonamides is 1. The lowest BCUT2D eigenvalue weighted by atomic mass is 9.96. The molecule has 0 spiro atoms. The predicted octanol–water partition coefficient (Wildman–Crippen LogP) is 4.06. The Bertz CT molecular complexity index is 1030. The first kappa shape index (κ1) is 20.7. The van der Waals surface area contributed by atoms with Crippen LogP contribution >= 0.6 is 0 Å². The normalized spacial score (nSPS) is 16.1. The van der Waals surface area contributed by atoms with Gasteiger partial charge in [-0.2, -0.15) is 4.31 Å². The van der Waals surface area contributed by atoms with E-state index in [1.54, 1.807) is 54.6 Å². The van der Waals surface area contributed by atoms with Gasteiger partial charge in [0.05, 0.1) is 10.9 Å². The first-order valence-electron chi connectivity index (χ1n) is 9.75. The van der Waals surface area contributed by atoms with Gasteiger partial charge in [-0.1, -0.05) is 42.5 Å². The zero-order valence-corrected chi connectivity index (χ0v) is 17.1. The molecule has 4 rings (SSSR count). The van der Waals surface area contributed by atoms with Gasteiger partial charge >= 0.3 is 0 Å². The molecule has 0 radical (unpaired) electrons. The summed E-state index contributed by atoms with van der Waals surface area (Å²) in [6.45, 7) is 1.70. The molecule has 1 heterocycles. The molecule has 1 aliphatic rings. The van der Waals surface area contributed by atoms with Crippen molar-refractivity contribution in [1.82, 2.24) is 9.21 Å². The lowest BCUT2D eigenvalue weighted by molar-refractivity contribution is 0.155. The lowest BCUT2D eigenvalue weighted by Gasteiger charge is -2.39. The molecule has 4 nitrogen and oxygen atoms in total. The molecule has 156 valence electrons. The van der Waals surface area contributed by atoms with Crippen molar-refractivity contribution in [2.24, 2.45) is 0 Å². The first-order chi connectivity index (χ1) is 14.4. The smallest absolute Gasteiger partial charge is 0.243 e. The summed E-state index contributed by atoms with van der Waals surface area (Å²) >= 11 is 0. The minimum Gasteiger partial charge on any atom is -0.290 e. The fraction of sp³-hybridized carbons (Fsp3) is 0.217. The molecule has 1 aliphatic heterocycles. The van der Waals surface area contributed by atoms with Gasteiger partial charge < -0.3 is 0 Å². The van der Waals surface area contributed by atoms with Gasteiger partial charge in [-0.15, -0.1) is 0 Å². The van der Waals surface area contributed by atoms with Crippen molar-refractivity contribution in [1.29, 1.82) is 0 Å². The van der Waals surface area contributed by atoms with Gasteiger partial charge in [0, 0.05) is 26.2 Å². The van der Waals surface area contributed by atoms with E-state index in [-0.39, 0.29) is 22.6 Å². The van der Waals surface area contributed by atoms with E-state index in [0.717, 1.165) is 11.1 Å². The number of hydrogen-bond donors (Lipinski definition) is 0. The van der Waals surface area contributed by atoms with Gasteiger partial charge in [0.25, 0.3) is 0 Å². The topological polar surface area (TPSA) is 40.6 Å².